The molecular weight excluding hydrogens is 224 g/mol. The molecule has 2 N–H and O–H groups in total. The number of nitrogens with one attached hydrogen (secondary N) is 2. The van der Waals surface area contributed by atoms with Gasteiger partial charge in [0.1, 0.15) is 0 Å². The molecule has 0 bridgehead atoms. The molecular formula is C15H18N2O. The summed E-state index contributed by atoms with van der Waals surface area (Å²) in [6.07, 6.45) is 8.15. The number of hydrogen-bond acceptors (Lipinski definition) is 2. The Kier molecular flexibility index (Phi) is 3.88. The third kappa shape index (κ3) is 2.65. The van der Waals surface area contributed by atoms with Crippen LogP contribution >= 0.6 is 0 Å². The minimum absolute atomic E-state index is 0.0823. The van der Waals surface area contributed by atoms with Crippen molar-refractivity contribution in [2.45, 2.75) is 32.2 Å². The lowest BCUT2D eigenvalue weighted by atomic mass is 10.1. The fourth-order valence-corrected chi connectivity index (χ4v) is 2.17. The zero-order valence-corrected chi connectivity index (χ0v) is 10.6. The van der Waals surface area contributed by atoms with E-state index in [0.717, 1.165) is 31.5 Å². The predicted molar refractivity (Wildman–Crippen MR) is 73.6 cm³/mol. The Morgan fingerprint density at radius 2 is 2.44 bits per heavy atom. The lowest BCUT2D eigenvalue weighted by molar-refractivity contribution is 0.0944. The third-order valence-corrected chi connectivity index (χ3v) is 3.16. The number of carbonyl (C=O) groups is 1. The van der Waals surface area contributed by atoms with Gasteiger partial charge in [-0.15, -0.1) is 6.42 Å². The summed E-state index contributed by atoms with van der Waals surface area (Å²) in [6.45, 7) is 3.00. The van der Waals surface area contributed by atoms with Gasteiger partial charge >= 0.3 is 0 Å². The van der Waals surface area contributed by atoms with Crippen LogP contribution in [-0.2, 0) is 6.42 Å². The van der Waals surface area contributed by atoms with E-state index in [4.69, 9.17) is 6.42 Å². The van der Waals surface area contributed by atoms with Crippen molar-refractivity contribution in [2.75, 3.05) is 11.9 Å². The SMILES string of the molecule is C#CC(CCC)NC(=O)c1ccc2c(c1)CCN2. The molecule has 3 heteroatoms. The van der Waals surface area contributed by atoms with Gasteiger partial charge < -0.3 is 10.6 Å². The summed E-state index contributed by atoms with van der Waals surface area (Å²) in [5.74, 6) is 2.53. The Balaban J connectivity index is 2.07. The largest absolute Gasteiger partial charge is 0.384 e. The van der Waals surface area contributed by atoms with E-state index < -0.39 is 0 Å². The maximum Gasteiger partial charge on any atom is 0.252 e. The molecule has 1 atom stereocenters. The van der Waals surface area contributed by atoms with Crippen molar-refractivity contribution in [2.24, 2.45) is 0 Å². The lowest BCUT2D eigenvalue weighted by Gasteiger charge is -2.12. The van der Waals surface area contributed by atoms with Gasteiger partial charge in [-0.1, -0.05) is 19.3 Å². The van der Waals surface area contributed by atoms with Crippen LogP contribution in [0.3, 0.4) is 0 Å². The molecule has 18 heavy (non-hydrogen) atoms. The van der Waals surface area contributed by atoms with E-state index in [9.17, 15) is 4.79 Å². The van der Waals surface area contributed by atoms with E-state index in [0.29, 0.717) is 5.56 Å². The van der Waals surface area contributed by atoms with Crippen molar-refractivity contribution >= 4 is 11.6 Å². The van der Waals surface area contributed by atoms with E-state index in [-0.39, 0.29) is 11.9 Å². The van der Waals surface area contributed by atoms with E-state index >= 15 is 0 Å². The monoisotopic (exact) mass is 242 g/mol. The van der Waals surface area contributed by atoms with Crippen molar-refractivity contribution in [3.8, 4) is 12.3 Å². The quantitative estimate of drug-likeness (QED) is 0.795. The lowest BCUT2D eigenvalue weighted by Crippen LogP contribution is -2.33. The Morgan fingerprint density at radius 3 is 3.17 bits per heavy atom. The molecule has 0 fully saturated rings. The predicted octanol–water partition coefficient (Wildman–Crippen LogP) is 2.19. The normalized spacial score (nSPS) is 14.2. The Bertz CT molecular complexity index is 488. The molecule has 1 unspecified atom stereocenters. The van der Waals surface area contributed by atoms with Gasteiger partial charge in [0.05, 0.1) is 6.04 Å². The number of anilines is 1. The summed E-state index contributed by atoms with van der Waals surface area (Å²) < 4.78 is 0. The summed E-state index contributed by atoms with van der Waals surface area (Å²) >= 11 is 0. The second-order valence-electron chi connectivity index (χ2n) is 4.53. The Morgan fingerprint density at radius 1 is 1.61 bits per heavy atom. The van der Waals surface area contributed by atoms with Crippen LogP contribution in [0.1, 0.15) is 35.7 Å². The highest BCUT2D eigenvalue weighted by molar-refractivity contribution is 5.95. The Labute approximate surface area is 108 Å². The highest BCUT2D eigenvalue weighted by Gasteiger charge is 2.15. The first-order valence-corrected chi connectivity index (χ1v) is 6.38. The molecule has 0 radical (unpaired) electrons. The van der Waals surface area contributed by atoms with Crippen molar-refractivity contribution in [1.29, 1.82) is 0 Å². The van der Waals surface area contributed by atoms with Crippen molar-refractivity contribution < 1.29 is 4.79 Å². The van der Waals surface area contributed by atoms with E-state index in [1.54, 1.807) is 0 Å². The van der Waals surface area contributed by atoms with Crippen LogP contribution in [0.15, 0.2) is 18.2 Å². The van der Waals surface area contributed by atoms with E-state index in [1.807, 2.05) is 18.2 Å². The molecule has 94 valence electrons. The number of benzene rings is 1. The first-order valence-electron chi connectivity index (χ1n) is 6.38. The average Bonchev–Trinajstić information content (AvgIpc) is 2.85. The van der Waals surface area contributed by atoms with Gasteiger partial charge in [0.15, 0.2) is 0 Å². The summed E-state index contributed by atoms with van der Waals surface area (Å²) in [4.78, 5) is 12.1. The van der Waals surface area contributed by atoms with Gasteiger partial charge in [0.25, 0.3) is 5.91 Å². The Hall–Kier alpha value is -1.95. The van der Waals surface area contributed by atoms with Gasteiger partial charge in [0, 0.05) is 17.8 Å². The number of fused-ring (bicyclic) bond motifs is 1. The first kappa shape index (κ1) is 12.5. The molecule has 1 aliphatic heterocycles. The summed E-state index contributed by atoms with van der Waals surface area (Å²) in [7, 11) is 0. The molecule has 1 heterocycles. The molecule has 3 nitrogen and oxygen atoms in total. The van der Waals surface area contributed by atoms with Crippen LogP contribution in [0.25, 0.3) is 0 Å². The fourth-order valence-electron chi connectivity index (χ4n) is 2.17. The number of hydrogen-bond donors (Lipinski definition) is 2. The molecule has 1 aliphatic rings. The molecule has 0 spiro atoms. The smallest absolute Gasteiger partial charge is 0.252 e. The summed E-state index contributed by atoms with van der Waals surface area (Å²) in [5.41, 5.74) is 3.03. The van der Waals surface area contributed by atoms with Gasteiger partial charge in [0.2, 0.25) is 0 Å². The molecule has 1 amide bonds. The fraction of sp³-hybridized carbons (Fsp3) is 0.400. The first-order chi connectivity index (χ1) is 8.74. The molecule has 0 aliphatic carbocycles. The minimum atomic E-state index is -0.172. The zero-order valence-electron chi connectivity index (χ0n) is 10.6. The van der Waals surface area contributed by atoms with Crippen LogP contribution in [0.5, 0.6) is 0 Å². The maximum atomic E-state index is 12.1. The number of carbonyl (C=O) groups excluding carboxylic acids is 1. The van der Waals surface area contributed by atoms with E-state index in [2.05, 4.69) is 23.5 Å². The summed E-state index contributed by atoms with van der Waals surface area (Å²) in [6, 6.07) is 5.58. The van der Waals surface area contributed by atoms with Crippen molar-refractivity contribution in [3.63, 3.8) is 0 Å². The number of amides is 1. The van der Waals surface area contributed by atoms with Gasteiger partial charge in [-0.05, 0) is 36.6 Å². The third-order valence-electron chi connectivity index (χ3n) is 3.16. The molecule has 2 rings (SSSR count). The zero-order chi connectivity index (χ0) is 13.0. The average molecular weight is 242 g/mol. The van der Waals surface area contributed by atoms with Gasteiger partial charge in [-0.25, -0.2) is 0 Å². The van der Waals surface area contributed by atoms with Crippen LogP contribution in [-0.4, -0.2) is 18.5 Å². The second-order valence-corrected chi connectivity index (χ2v) is 4.53. The van der Waals surface area contributed by atoms with Crippen LogP contribution in [0, 0.1) is 12.3 Å². The summed E-state index contributed by atoms with van der Waals surface area (Å²) in [5, 5.41) is 6.15. The van der Waals surface area contributed by atoms with Crippen LogP contribution in [0.2, 0.25) is 0 Å². The topological polar surface area (TPSA) is 41.1 Å². The van der Waals surface area contributed by atoms with Crippen LogP contribution in [0.4, 0.5) is 5.69 Å². The molecule has 0 saturated carbocycles. The van der Waals surface area contributed by atoms with Crippen LogP contribution < -0.4 is 10.6 Å². The van der Waals surface area contributed by atoms with Gasteiger partial charge in [-0.3, -0.25) is 4.79 Å². The molecule has 1 aromatic carbocycles. The van der Waals surface area contributed by atoms with E-state index in [1.165, 1.54) is 5.56 Å². The van der Waals surface area contributed by atoms with Gasteiger partial charge in [-0.2, -0.15) is 0 Å². The molecule has 1 aromatic rings. The number of terminal acetylenes is 1. The van der Waals surface area contributed by atoms with Crippen molar-refractivity contribution in [3.05, 3.63) is 29.3 Å². The maximum absolute atomic E-state index is 12.1. The highest BCUT2D eigenvalue weighted by Crippen LogP contribution is 2.22. The minimum Gasteiger partial charge on any atom is -0.384 e. The second kappa shape index (κ2) is 5.59. The highest BCUT2D eigenvalue weighted by atomic mass is 16.1. The standard InChI is InChI=1S/C15H18N2O/c1-3-5-13(4-2)17-15(18)12-6-7-14-11(10-12)8-9-16-14/h2,6-7,10,13,16H,3,5,8-9H2,1H3,(H,17,18). The molecule has 0 aromatic heterocycles. The molecule has 0 saturated heterocycles. The number of rotatable bonds is 4. The van der Waals surface area contributed by atoms with Crippen molar-refractivity contribution in [1.82, 2.24) is 5.32 Å².